The minimum Gasteiger partial charge on any atom is -0.481 e. The van der Waals surface area contributed by atoms with E-state index in [2.05, 4.69) is 11.8 Å². The van der Waals surface area contributed by atoms with Gasteiger partial charge in [-0.2, -0.15) is 0 Å². The zero-order valence-electron chi connectivity index (χ0n) is 26.4. The van der Waals surface area contributed by atoms with Crippen LogP contribution >= 0.6 is 0 Å². The molecule has 0 bridgehead atoms. The minimum absolute atomic E-state index is 0.000777. The highest BCUT2D eigenvalue weighted by molar-refractivity contribution is 5.69. The summed E-state index contributed by atoms with van der Waals surface area (Å²) in [4.78, 5) is 25.3. The van der Waals surface area contributed by atoms with Crippen molar-refractivity contribution < 1.29 is 19.4 Å². The van der Waals surface area contributed by atoms with Crippen LogP contribution in [-0.4, -0.2) is 48.7 Å². The largest absolute Gasteiger partial charge is 0.481 e. The van der Waals surface area contributed by atoms with Gasteiger partial charge in [-0.05, 0) is 77.4 Å². The summed E-state index contributed by atoms with van der Waals surface area (Å²) in [6.45, 7) is 5.01. The van der Waals surface area contributed by atoms with Gasteiger partial charge in [-0.15, -0.1) is 0 Å². The lowest BCUT2D eigenvalue weighted by molar-refractivity contribution is -0.150. The third-order valence-corrected chi connectivity index (χ3v) is 8.72. The van der Waals surface area contributed by atoms with Gasteiger partial charge >= 0.3 is 11.9 Å². The molecule has 0 aliphatic heterocycles. The summed E-state index contributed by atoms with van der Waals surface area (Å²) in [5.41, 5.74) is 0. The van der Waals surface area contributed by atoms with Crippen LogP contribution in [0.4, 0.5) is 0 Å². The fourth-order valence-corrected chi connectivity index (χ4v) is 5.86. The summed E-state index contributed by atoms with van der Waals surface area (Å²) in [6, 6.07) is 0. The smallest absolute Gasteiger partial charge is 0.306 e. The van der Waals surface area contributed by atoms with Gasteiger partial charge in [0.05, 0.1) is 5.92 Å². The van der Waals surface area contributed by atoms with Gasteiger partial charge in [0.1, 0.15) is 6.10 Å². The molecule has 0 saturated heterocycles. The van der Waals surface area contributed by atoms with Gasteiger partial charge in [0, 0.05) is 6.42 Å². The number of ether oxygens (including phenoxy) is 1. The second-order valence-electron chi connectivity index (χ2n) is 12.9. The highest BCUT2D eigenvalue weighted by Crippen LogP contribution is 2.45. The topological polar surface area (TPSA) is 66.8 Å². The summed E-state index contributed by atoms with van der Waals surface area (Å²) in [6.07, 6.45) is 27.7. The molecule has 0 aromatic rings. The highest BCUT2D eigenvalue weighted by Gasteiger charge is 2.35. The molecule has 5 heteroatoms. The molecule has 0 heterocycles. The first kappa shape index (κ1) is 35.9. The number of carboxylic acid groups (broad SMARTS) is 1. The van der Waals surface area contributed by atoms with E-state index in [1.165, 1.54) is 109 Å². The average molecular weight is 552 g/mol. The Hall–Kier alpha value is -1.10. The molecule has 1 saturated carbocycles. The molecule has 0 spiro atoms. The predicted octanol–water partition coefficient (Wildman–Crippen LogP) is 9.42. The maximum absolute atomic E-state index is 12.3. The molecule has 0 aromatic heterocycles. The Morgan fingerprint density at radius 1 is 0.744 bits per heavy atom. The fraction of sp³-hybridized carbons (Fsp3) is 0.941. The molecule has 39 heavy (non-hydrogen) atoms. The lowest BCUT2D eigenvalue weighted by Gasteiger charge is -2.18. The van der Waals surface area contributed by atoms with E-state index < -0.39 is 5.97 Å². The van der Waals surface area contributed by atoms with Crippen molar-refractivity contribution in [2.45, 2.75) is 168 Å². The van der Waals surface area contributed by atoms with Gasteiger partial charge in [-0.25, -0.2) is 0 Å². The lowest BCUT2D eigenvalue weighted by atomic mass is 10.0. The van der Waals surface area contributed by atoms with Gasteiger partial charge in [-0.1, -0.05) is 110 Å². The number of aliphatic carboxylic acids is 1. The molecular weight excluding hydrogens is 486 g/mol. The maximum Gasteiger partial charge on any atom is 0.306 e. The van der Waals surface area contributed by atoms with Crippen LogP contribution in [-0.2, 0) is 14.3 Å². The predicted molar refractivity (Wildman–Crippen MR) is 164 cm³/mol. The molecule has 5 nitrogen and oxygen atoms in total. The molecule has 4 atom stereocenters. The van der Waals surface area contributed by atoms with Crippen LogP contribution in [0.1, 0.15) is 162 Å². The molecular formula is C34H65NO4. The van der Waals surface area contributed by atoms with E-state index in [0.29, 0.717) is 6.42 Å². The third kappa shape index (κ3) is 21.3. The van der Waals surface area contributed by atoms with Crippen LogP contribution in [0, 0.1) is 17.8 Å². The van der Waals surface area contributed by atoms with Gasteiger partial charge < -0.3 is 14.7 Å². The van der Waals surface area contributed by atoms with Crippen LogP contribution in [0.15, 0.2) is 0 Å². The standard InChI is InChI=1S/C34H65NO4/c1-5-6-7-10-18-24-32(39-33(36)26-20-27-35(3)4)25-19-12-9-8-11-16-22-30-28-31(30)23-17-14-13-15-21-29(2)34(37)38/h29-32H,5-28H2,1-4H3,(H,37,38). The SMILES string of the molecule is CCCCCCCC(CCCCCCCCC1CC1CCCCCCC(C)C(=O)O)OC(=O)CCCN(C)C. The van der Waals surface area contributed by atoms with Crippen LogP contribution in [0.2, 0.25) is 0 Å². The summed E-state index contributed by atoms with van der Waals surface area (Å²) in [5, 5.41) is 8.95. The number of hydrogen-bond donors (Lipinski definition) is 1. The average Bonchev–Trinajstić information content (AvgIpc) is 3.64. The normalized spacial score (nSPS) is 18.3. The Morgan fingerprint density at radius 2 is 1.23 bits per heavy atom. The fourth-order valence-electron chi connectivity index (χ4n) is 5.86. The van der Waals surface area contributed by atoms with Crippen molar-refractivity contribution >= 4 is 11.9 Å². The molecule has 1 aliphatic rings. The quantitative estimate of drug-likeness (QED) is 0.0775. The zero-order valence-corrected chi connectivity index (χ0v) is 26.4. The number of nitrogens with zero attached hydrogens (tertiary/aromatic N) is 1. The van der Waals surface area contributed by atoms with E-state index in [9.17, 15) is 9.59 Å². The first-order chi connectivity index (χ1) is 18.8. The number of carbonyl (C=O) groups excluding carboxylic acids is 1. The van der Waals surface area contributed by atoms with E-state index >= 15 is 0 Å². The van der Waals surface area contributed by atoms with E-state index in [4.69, 9.17) is 9.84 Å². The van der Waals surface area contributed by atoms with Crippen molar-refractivity contribution in [3.8, 4) is 0 Å². The van der Waals surface area contributed by atoms with Crippen molar-refractivity contribution in [3.63, 3.8) is 0 Å². The van der Waals surface area contributed by atoms with Gasteiger partial charge in [0.25, 0.3) is 0 Å². The molecule has 4 unspecified atom stereocenters. The molecule has 0 radical (unpaired) electrons. The molecule has 1 rings (SSSR count). The van der Waals surface area contributed by atoms with E-state index in [1.54, 1.807) is 0 Å². The molecule has 1 fully saturated rings. The van der Waals surface area contributed by atoms with Crippen molar-refractivity contribution in [1.29, 1.82) is 0 Å². The molecule has 1 N–H and O–H groups in total. The number of esters is 1. The van der Waals surface area contributed by atoms with Crippen molar-refractivity contribution in [3.05, 3.63) is 0 Å². The lowest BCUT2D eigenvalue weighted by Crippen LogP contribution is -2.20. The van der Waals surface area contributed by atoms with Crippen LogP contribution in [0.5, 0.6) is 0 Å². The highest BCUT2D eigenvalue weighted by atomic mass is 16.5. The number of carbonyl (C=O) groups is 2. The van der Waals surface area contributed by atoms with Crippen LogP contribution in [0.3, 0.4) is 0 Å². The molecule has 0 aromatic carbocycles. The number of unbranched alkanes of at least 4 members (excludes halogenated alkanes) is 12. The second-order valence-corrected chi connectivity index (χ2v) is 12.9. The summed E-state index contributed by atoms with van der Waals surface area (Å²) < 4.78 is 5.91. The molecule has 0 amide bonds. The van der Waals surface area contributed by atoms with Gasteiger partial charge in [-0.3, -0.25) is 9.59 Å². The number of rotatable bonds is 28. The van der Waals surface area contributed by atoms with Crippen molar-refractivity contribution in [1.82, 2.24) is 4.90 Å². The Balaban J connectivity index is 2.03. The van der Waals surface area contributed by atoms with Gasteiger partial charge in [0.15, 0.2) is 0 Å². The van der Waals surface area contributed by atoms with E-state index in [-0.39, 0.29) is 18.0 Å². The zero-order chi connectivity index (χ0) is 28.7. The third-order valence-electron chi connectivity index (χ3n) is 8.72. The Kier molecular flexibility index (Phi) is 21.7. The van der Waals surface area contributed by atoms with Crippen molar-refractivity contribution in [2.75, 3.05) is 20.6 Å². The summed E-state index contributed by atoms with van der Waals surface area (Å²) >= 11 is 0. The minimum atomic E-state index is -0.655. The van der Waals surface area contributed by atoms with E-state index in [0.717, 1.165) is 50.5 Å². The second kappa shape index (κ2) is 23.6. The molecule has 1 aliphatic carbocycles. The monoisotopic (exact) mass is 551 g/mol. The number of hydrogen-bond acceptors (Lipinski definition) is 4. The Bertz CT molecular complexity index is 608. The summed E-state index contributed by atoms with van der Waals surface area (Å²) in [7, 11) is 4.10. The number of carboxylic acids is 1. The van der Waals surface area contributed by atoms with Crippen LogP contribution < -0.4 is 0 Å². The summed E-state index contributed by atoms with van der Waals surface area (Å²) in [5.74, 6) is 1.12. The van der Waals surface area contributed by atoms with E-state index in [1.807, 2.05) is 21.0 Å². The molecule has 230 valence electrons. The Labute approximate surface area is 242 Å². The first-order valence-corrected chi connectivity index (χ1v) is 16.9. The maximum atomic E-state index is 12.3. The van der Waals surface area contributed by atoms with Crippen molar-refractivity contribution in [2.24, 2.45) is 17.8 Å². The van der Waals surface area contributed by atoms with Gasteiger partial charge in [0.2, 0.25) is 0 Å². The first-order valence-electron chi connectivity index (χ1n) is 16.9. The Morgan fingerprint density at radius 3 is 1.74 bits per heavy atom. The van der Waals surface area contributed by atoms with Crippen LogP contribution in [0.25, 0.3) is 0 Å².